The topological polar surface area (TPSA) is 61.8 Å². The lowest BCUT2D eigenvalue weighted by atomic mass is 10.2. The molecule has 1 aliphatic rings. The quantitative estimate of drug-likeness (QED) is 0.791. The van der Waals surface area contributed by atoms with Gasteiger partial charge in [-0.05, 0) is 36.5 Å². The summed E-state index contributed by atoms with van der Waals surface area (Å²) in [6, 6.07) is 6.57. The van der Waals surface area contributed by atoms with Gasteiger partial charge in [0.05, 0.1) is 5.69 Å². The van der Waals surface area contributed by atoms with Crippen molar-refractivity contribution in [2.45, 2.75) is 12.3 Å². The molecule has 2 rings (SSSR count). The molecule has 1 heterocycles. The molecule has 1 fully saturated rings. The Morgan fingerprint density at radius 2 is 2.06 bits per heavy atom. The summed E-state index contributed by atoms with van der Waals surface area (Å²) in [5, 5.41) is 13.3. The SMILES string of the molecule is COC1NC(=S)N(c2ccc(Cl)cc2)C(=O)C1O. The van der Waals surface area contributed by atoms with E-state index < -0.39 is 18.2 Å². The van der Waals surface area contributed by atoms with Crippen LogP contribution in [0.2, 0.25) is 5.02 Å². The van der Waals surface area contributed by atoms with Gasteiger partial charge in [0.15, 0.2) is 17.4 Å². The van der Waals surface area contributed by atoms with Gasteiger partial charge in [0.1, 0.15) is 0 Å². The van der Waals surface area contributed by atoms with Crippen LogP contribution in [0.25, 0.3) is 0 Å². The predicted molar refractivity (Wildman–Crippen MR) is 71.5 cm³/mol. The van der Waals surface area contributed by atoms with Crippen LogP contribution in [0.5, 0.6) is 0 Å². The van der Waals surface area contributed by atoms with E-state index in [0.717, 1.165) is 0 Å². The van der Waals surface area contributed by atoms with E-state index in [1.807, 2.05) is 0 Å². The number of benzene rings is 1. The van der Waals surface area contributed by atoms with Crippen LogP contribution in [0.4, 0.5) is 5.69 Å². The lowest BCUT2D eigenvalue weighted by Gasteiger charge is -2.36. The standard InChI is InChI=1S/C11H11ClN2O3S/c1-17-9-8(15)10(16)14(11(18)13-9)7-4-2-6(12)3-5-7/h2-5,8-9,15H,1H3,(H,13,18). The molecular formula is C11H11ClN2O3S. The molecule has 1 aliphatic heterocycles. The number of aliphatic hydroxyl groups is 1. The summed E-state index contributed by atoms with van der Waals surface area (Å²) in [4.78, 5) is 13.2. The van der Waals surface area contributed by atoms with Crippen molar-refractivity contribution in [3.63, 3.8) is 0 Å². The van der Waals surface area contributed by atoms with E-state index in [1.165, 1.54) is 12.0 Å². The number of aliphatic hydroxyl groups excluding tert-OH is 1. The van der Waals surface area contributed by atoms with Crippen LogP contribution in [-0.2, 0) is 9.53 Å². The molecule has 2 atom stereocenters. The van der Waals surface area contributed by atoms with Crippen LogP contribution in [0.3, 0.4) is 0 Å². The molecule has 2 unspecified atom stereocenters. The number of hydrogen-bond acceptors (Lipinski definition) is 4. The van der Waals surface area contributed by atoms with Gasteiger partial charge >= 0.3 is 0 Å². The monoisotopic (exact) mass is 286 g/mol. The average Bonchev–Trinajstić information content (AvgIpc) is 2.36. The number of anilines is 1. The van der Waals surface area contributed by atoms with Crippen LogP contribution in [-0.4, -0.2) is 35.6 Å². The number of rotatable bonds is 2. The number of nitrogens with one attached hydrogen (secondary N) is 1. The van der Waals surface area contributed by atoms with Crippen molar-refractivity contribution >= 4 is 40.5 Å². The molecule has 0 radical (unpaired) electrons. The third-order valence-electron chi connectivity index (χ3n) is 2.57. The highest BCUT2D eigenvalue weighted by atomic mass is 35.5. The highest BCUT2D eigenvalue weighted by Crippen LogP contribution is 2.22. The second kappa shape index (κ2) is 5.19. The number of nitrogens with zero attached hydrogens (tertiary/aromatic N) is 1. The molecule has 2 N–H and O–H groups in total. The Bertz CT molecular complexity index is 480. The Hall–Kier alpha value is -1.21. The normalized spacial score (nSPS) is 24.1. The van der Waals surface area contributed by atoms with E-state index in [-0.39, 0.29) is 5.11 Å². The number of carbonyl (C=O) groups excluding carboxylic acids is 1. The van der Waals surface area contributed by atoms with Gasteiger partial charge in [-0.1, -0.05) is 11.6 Å². The van der Waals surface area contributed by atoms with E-state index >= 15 is 0 Å². The van der Waals surface area contributed by atoms with Gasteiger partial charge in [-0.2, -0.15) is 0 Å². The Labute approximate surface area is 114 Å². The maximum Gasteiger partial charge on any atom is 0.266 e. The smallest absolute Gasteiger partial charge is 0.266 e. The van der Waals surface area contributed by atoms with E-state index in [1.54, 1.807) is 24.3 Å². The minimum atomic E-state index is -1.31. The zero-order chi connectivity index (χ0) is 13.3. The molecule has 18 heavy (non-hydrogen) atoms. The fraction of sp³-hybridized carbons (Fsp3) is 0.273. The maximum absolute atomic E-state index is 12.0. The number of thiocarbonyl (C=S) groups is 1. The van der Waals surface area contributed by atoms with Gasteiger partial charge in [0.2, 0.25) is 0 Å². The number of halogens is 1. The van der Waals surface area contributed by atoms with Crippen molar-refractivity contribution < 1.29 is 14.6 Å². The molecule has 0 aromatic heterocycles. The highest BCUT2D eigenvalue weighted by Gasteiger charge is 2.38. The summed E-state index contributed by atoms with van der Waals surface area (Å²) < 4.78 is 4.93. The Morgan fingerprint density at radius 1 is 1.44 bits per heavy atom. The molecule has 1 saturated heterocycles. The first-order valence-corrected chi connectivity index (χ1v) is 5.94. The molecule has 0 bridgehead atoms. The summed E-state index contributed by atoms with van der Waals surface area (Å²) in [5.74, 6) is -0.534. The first-order chi connectivity index (χ1) is 8.54. The Morgan fingerprint density at radius 3 is 2.61 bits per heavy atom. The summed E-state index contributed by atoms with van der Waals surface area (Å²) in [5.41, 5.74) is 0.538. The lowest BCUT2D eigenvalue weighted by molar-refractivity contribution is -0.135. The summed E-state index contributed by atoms with van der Waals surface area (Å²) in [6.07, 6.45) is -2.13. The van der Waals surface area contributed by atoms with Gasteiger partial charge in [0.25, 0.3) is 5.91 Å². The van der Waals surface area contributed by atoms with E-state index in [2.05, 4.69) is 5.32 Å². The van der Waals surface area contributed by atoms with Crippen molar-refractivity contribution in [2.24, 2.45) is 0 Å². The largest absolute Gasteiger partial charge is 0.379 e. The summed E-state index contributed by atoms with van der Waals surface area (Å²) >= 11 is 10.9. The lowest BCUT2D eigenvalue weighted by Crippen LogP contribution is -2.63. The van der Waals surface area contributed by atoms with E-state index in [9.17, 15) is 9.90 Å². The van der Waals surface area contributed by atoms with Gasteiger partial charge in [-0.25, -0.2) is 0 Å². The van der Waals surface area contributed by atoms with Crippen molar-refractivity contribution in [2.75, 3.05) is 12.0 Å². The molecular weight excluding hydrogens is 276 g/mol. The predicted octanol–water partition coefficient (Wildman–Crippen LogP) is 0.895. The zero-order valence-electron chi connectivity index (χ0n) is 9.46. The van der Waals surface area contributed by atoms with E-state index in [4.69, 9.17) is 28.6 Å². The van der Waals surface area contributed by atoms with Crippen molar-refractivity contribution in [1.29, 1.82) is 0 Å². The number of ether oxygens (including phenoxy) is 1. The van der Waals surface area contributed by atoms with Crippen LogP contribution in [0, 0.1) is 0 Å². The van der Waals surface area contributed by atoms with Crippen molar-refractivity contribution in [3.05, 3.63) is 29.3 Å². The third kappa shape index (κ3) is 2.32. The second-order valence-corrected chi connectivity index (χ2v) is 4.52. The minimum Gasteiger partial charge on any atom is -0.379 e. The van der Waals surface area contributed by atoms with Crippen molar-refractivity contribution in [1.82, 2.24) is 5.32 Å². The van der Waals surface area contributed by atoms with Gasteiger partial charge in [0, 0.05) is 12.1 Å². The third-order valence-corrected chi connectivity index (χ3v) is 3.12. The highest BCUT2D eigenvalue weighted by molar-refractivity contribution is 7.80. The Kier molecular flexibility index (Phi) is 3.82. The molecule has 1 aromatic rings. The molecule has 0 spiro atoms. The molecule has 1 amide bonds. The fourth-order valence-electron chi connectivity index (χ4n) is 1.65. The average molecular weight is 287 g/mol. The first kappa shape index (κ1) is 13.2. The van der Waals surface area contributed by atoms with Crippen LogP contribution < -0.4 is 10.2 Å². The number of carbonyl (C=O) groups is 1. The maximum atomic E-state index is 12.0. The number of amides is 1. The molecule has 96 valence electrons. The number of methoxy groups -OCH3 is 1. The molecule has 0 aliphatic carbocycles. The van der Waals surface area contributed by atoms with Gasteiger partial charge < -0.3 is 15.2 Å². The molecule has 1 aromatic carbocycles. The molecule has 7 heteroatoms. The van der Waals surface area contributed by atoms with Gasteiger partial charge in [-0.15, -0.1) is 0 Å². The number of hydrogen-bond donors (Lipinski definition) is 2. The Balaban J connectivity index is 2.30. The van der Waals surface area contributed by atoms with Gasteiger partial charge in [-0.3, -0.25) is 9.69 Å². The second-order valence-electron chi connectivity index (χ2n) is 3.70. The van der Waals surface area contributed by atoms with Crippen LogP contribution in [0.15, 0.2) is 24.3 Å². The molecule has 0 saturated carbocycles. The first-order valence-electron chi connectivity index (χ1n) is 5.15. The van der Waals surface area contributed by atoms with Crippen LogP contribution in [0.1, 0.15) is 0 Å². The van der Waals surface area contributed by atoms with Crippen LogP contribution >= 0.6 is 23.8 Å². The fourth-order valence-corrected chi connectivity index (χ4v) is 2.09. The minimum absolute atomic E-state index is 0.180. The van der Waals surface area contributed by atoms with E-state index in [0.29, 0.717) is 10.7 Å². The van der Waals surface area contributed by atoms with Crippen molar-refractivity contribution in [3.8, 4) is 0 Å². The zero-order valence-corrected chi connectivity index (χ0v) is 11.0. The summed E-state index contributed by atoms with van der Waals surface area (Å²) in [6.45, 7) is 0. The molecule has 5 nitrogen and oxygen atoms in total. The summed E-state index contributed by atoms with van der Waals surface area (Å²) in [7, 11) is 1.38.